The summed E-state index contributed by atoms with van der Waals surface area (Å²) in [6, 6.07) is 10.1. The van der Waals surface area contributed by atoms with Gasteiger partial charge in [0.25, 0.3) is 5.92 Å². The maximum atomic E-state index is 14.2. The van der Waals surface area contributed by atoms with Crippen molar-refractivity contribution in [2.45, 2.75) is 44.3 Å². The average Bonchev–Trinajstić information content (AvgIpc) is 3.08. The molecule has 4 rings (SSSR count). The lowest BCUT2D eigenvalue weighted by Crippen LogP contribution is -2.54. The maximum Gasteiger partial charge on any atom is 0.252 e. The molecule has 0 saturated heterocycles. The number of alkyl halides is 2. The molecule has 0 spiro atoms. The normalized spacial score (nSPS) is 15.8. The molecule has 6 nitrogen and oxygen atoms in total. The van der Waals surface area contributed by atoms with Crippen molar-refractivity contribution in [3.05, 3.63) is 82.1 Å². The van der Waals surface area contributed by atoms with E-state index < -0.39 is 48.5 Å². The van der Waals surface area contributed by atoms with E-state index in [2.05, 4.69) is 10.3 Å². The van der Waals surface area contributed by atoms with Crippen LogP contribution >= 0.6 is 23.2 Å². The highest BCUT2D eigenvalue weighted by molar-refractivity contribution is 6.40. The predicted molar refractivity (Wildman–Crippen MR) is 126 cm³/mol. The summed E-state index contributed by atoms with van der Waals surface area (Å²) < 4.78 is 42.3. The molecule has 2 aromatic carbocycles. The fourth-order valence-corrected chi connectivity index (χ4v) is 4.38. The Bertz CT molecular complexity index is 1260. The number of hydrogen-bond donors (Lipinski definition) is 1. The summed E-state index contributed by atoms with van der Waals surface area (Å²) in [7, 11) is 0. The summed E-state index contributed by atoms with van der Waals surface area (Å²) in [6.07, 6.45) is 0.290. The summed E-state index contributed by atoms with van der Waals surface area (Å²) in [4.78, 5) is 32.2. The van der Waals surface area contributed by atoms with Gasteiger partial charge in [0.1, 0.15) is 23.6 Å². The molecule has 1 saturated carbocycles. The van der Waals surface area contributed by atoms with Gasteiger partial charge in [-0.05, 0) is 36.2 Å². The lowest BCUT2D eigenvalue weighted by molar-refractivity contribution is -0.132. The summed E-state index contributed by atoms with van der Waals surface area (Å²) in [5.74, 6) is -4.74. The van der Waals surface area contributed by atoms with Crippen LogP contribution in [0.5, 0.6) is 0 Å². The van der Waals surface area contributed by atoms with E-state index in [1.165, 1.54) is 29.1 Å². The van der Waals surface area contributed by atoms with Crippen LogP contribution in [0.3, 0.4) is 0 Å². The average molecular weight is 525 g/mol. The van der Waals surface area contributed by atoms with Crippen molar-refractivity contribution in [2.24, 2.45) is 0 Å². The summed E-state index contributed by atoms with van der Waals surface area (Å²) in [5.41, 5.74) is 1.26. The molecule has 35 heavy (non-hydrogen) atoms. The zero-order chi connectivity index (χ0) is 25.3. The summed E-state index contributed by atoms with van der Waals surface area (Å²) in [5, 5.41) is 2.64. The monoisotopic (exact) mass is 524 g/mol. The standard InChI is InChI=1S/C24H21Cl2F3N4O2/c1-14-5-2-3-8-18(14)20(23(35)31-16-10-24(28,29)11-16)33(17-7-4-6-15(27)9-17)19(34)12-32-13-30-21(25)22(32)26/h2-9,13,16,20H,10-12H2,1H3,(H,31,35). The molecule has 3 aromatic rings. The minimum absolute atomic E-state index is 0.00381. The Kier molecular flexibility index (Phi) is 7.10. The molecule has 1 fully saturated rings. The molecule has 1 N–H and O–H groups in total. The molecular weight excluding hydrogens is 504 g/mol. The number of nitrogens with zero attached hydrogens (tertiary/aromatic N) is 3. The van der Waals surface area contributed by atoms with Crippen molar-refractivity contribution >= 4 is 40.7 Å². The van der Waals surface area contributed by atoms with Crippen molar-refractivity contribution < 1.29 is 22.8 Å². The molecule has 0 radical (unpaired) electrons. The molecule has 2 amide bonds. The molecule has 1 atom stereocenters. The first kappa shape index (κ1) is 25.1. The number of halogens is 5. The number of aromatic nitrogens is 2. The van der Waals surface area contributed by atoms with Gasteiger partial charge in [-0.2, -0.15) is 0 Å². The Morgan fingerprint density at radius 2 is 1.91 bits per heavy atom. The topological polar surface area (TPSA) is 67.2 Å². The second-order valence-corrected chi connectivity index (χ2v) is 9.14. The van der Waals surface area contributed by atoms with Crippen molar-refractivity contribution in [1.29, 1.82) is 0 Å². The third-order valence-electron chi connectivity index (χ3n) is 5.82. The van der Waals surface area contributed by atoms with Crippen LogP contribution in [0.2, 0.25) is 10.3 Å². The predicted octanol–water partition coefficient (Wildman–Crippen LogP) is 5.33. The largest absolute Gasteiger partial charge is 0.351 e. The Balaban J connectivity index is 1.77. The van der Waals surface area contributed by atoms with Gasteiger partial charge in [-0.1, -0.05) is 53.5 Å². The zero-order valence-electron chi connectivity index (χ0n) is 18.5. The van der Waals surface area contributed by atoms with E-state index >= 15 is 0 Å². The first-order chi connectivity index (χ1) is 16.6. The summed E-state index contributed by atoms with van der Waals surface area (Å²) >= 11 is 12.0. The Morgan fingerprint density at radius 3 is 2.51 bits per heavy atom. The molecule has 0 bridgehead atoms. The number of carbonyl (C=O) groups is 2. The molecule has 1 aliphatic rings. The number of benzene rings is 2. The number of amides is 2. The van der Waals surface area contributed by atoms with Crippen LogP contribution in [-0.2, 0) is 16.1 Å². The Labute approximate surface area is 209 Å². The first-order valence-corrected chi connectivity index (χ1v) is 11.5. The molecule has 1 heterocycles. The molecule has 1 aromatic heterocycles. The molecular formula is C24H21Cl2F3N4O2. The van der Waals surface area contributed by atoms with Crippen LogP contribution in [0.15, 0.2) is 54.9 Å². The van der Waals surface area contributed by atoms with Crippen LogP contribution in [-0.4, -0.2) is 33.3 Å². The SMILES string of the molecule is Cc1ccccc1C(C(=O)NC1CC(F)(F)C1)N(C(=O)Cn1cnc(Cl)c1Cl)c1cccc(F)c1. The van der Waals surface area contributed by atoms with E-state index in [0.717, 1.165) is 11.0 Å². The molecule has 11 heteroatoms. The van der Waals surface area contributed by atoms with Crippen LogP contribution in [0.4, 0.5) is 18.9 Å². The minimum Gasteiger partial charge on any atom is -0.351 e. The van der Waals surface area contributed by atoms with E-state index in [9.17, 15) is 22.8 Å². The van der Waals surface area contributed by atoms with Gasteiger partial charge in [0.05, 0.1) is 6.33 Å². The van der Waals surface area contributed by atoms with Gasteiger partial charge in [-0.3, -0.25) is 14.5 Å². The number of imidazole rings is 1. The van der Waals surface area contributed by atoms with E-state index in [-0.39, 0.29) is 22.5 Å². The number of hydrogen-bond acceptors (Lipinski definition) is 3. The quantitative estimate of drug-likeness (QED) is 0.454. The van der Waals surface area contributed by atoms with Gasteiger partial charge < -0.3 is 9.88 Å². The number of carbonyl (C=O) groups excluding carboxylic acids is 2. The lowest BCUT2D eigenvalue weighted by Gasteiger charge is -2.38. The van der Waals surface area contributed by atoms with Crippen molar-refractivity contribution in [3.8, 4) is 0 Å². The van der Waals surface area contributed by atoms with Crippen LogP contribution < -0.4 is 10.2 Å². The number of rotatable bonds is 7. The minimum atomic E-state index is -2.84. The Morgan fingerprint density at radius 1 is 1.20 bits per heavy atom. The highest BCUT2D eigenvalue weighted by Gasteiger charge is 2.47. The summed E-state index contributed by atoms with van der Waals surface area (Å²) in [6.45, 7) is 1.40. The lowest BCUT2D eigenvalue weighted by atomic mass is 9.87. The van der Waals surface area contributed by atoms with Gasteiger partial charge in [-0.25, -0.2) is 18.2 Å². The van der Waals surface area contributed by atoms with E-state index in [4.69, 9.17) is 23.2 Å². The van der Waals surface area contributed by atoms with Crippen LogP contribution in [0.25, 0.3) is 0 Å². The zero-order valence-corrected chi connectivity index (χ0v) is 20.0. The van der Waals surface area contributed by atoms with Gasteiger partial charge in [0.15, 0.2) is 5.15 Å². The number of anilines is 1. The van der Waals surface area contributed by atoms with E-state index in [1.54, 1.807) is 31.2 Å². The highest BCUT2D eigenvalue weighted by atomic mass is 35.5. The highest BCUT2D eigenvalue weighted by Crippen LogP contribution is 2.38. The maximum absolute atomic E-state index is 14.2. The van der Waals surface area contributed by atoms with E-state index in [0.29, 0.717) is 11.1 Å². The molecule has 184 valence electrons. The second kappa shape index (κ2) is 9.91. The van der Waals surface area contributed by atoms with Gasteiger partial charge >= 0.3 is 0 Å². The smallest absolute Gasteiger partial charge is 0.252 e. The third kappa shape index (κ3) is 5.46. The third-order valence-corrected chi connectivity index (χ3v) is 6.59. The second-order valence-electron chi connectivity index (χ2n) is 8.43. The fraction of sp³-hybridized carbons (Fsp3) is 0.292. The van der Waals surface area contributed by atoms with Gasteiger partial charge in [0, 0.05) is 24.6 Å². The molecule has 0 aliphatic heterocycles. The molecule has 1 unspecified atom stereocenters. The van der Waals surface area contributed by atoms with Gasteiger partial charge in [-0.15, -0.1) is 0 Å². The Hall–Kier alpha value is -3.04. The van der Waals surface area contributed by atoms with Crippen molar-refractivity contribution in [3.63, 3.8) is 0 Å². The van der Waals surface area contributed by atoms with Crippen LogP contribution in [0.1, 0.15) is 30.0 Å². The molecule has 1 aliphatic carbocycles. The van der Waals surface area contributed by atoms with Crippen LogP contribution in [0, 0.1) is 12.7 Å². The van der Waals surface area contributed by atoms with Crippen molar-refractivity contribution in [2.75, 3.05) is 4.90 Å². The van der Waals surface area contributed by atoms with Crippen molar-refractivity contribution in [1.82, 2.24) is 14.9 Å². The van der Waals surface area contributed by atoms with Gasteiger partial charge in [0.2, 0.25) is 11.8 Å². The first-order valence-electron chi connectivity index (χ1n) is 10.7. The number of aryl methyl sites for hydroxylation is 1. The number of nitrogens with one attached hydrogen (secondary N) is 1. The fourth-order valence-electron chi connectivity index (χ4n) is 4.07. The van der Waals surface area contributed by atoms with E-state index in [1.807, 2.05) is 0 Å².